The van der Waals surface area contributed by atoms with Crippen LogP contribution in [0.2, 0.25) is 0 Å². The second-order valence-corrected chi connectivity index (χ2v) is 8.22. The van der Waals surface area contributed by atoms with Gasteiger partial charge in [-0.25, -0.2) is 0 Å². The molecule has 0 saturated carbocycles. The molecule has 0 N–H and O–H groups in total. The lowest BCUT2D eigenvalue weighted by atomic mass is 10.1. The predicted molar refractivity (Wildman–Crippen MR) is 91.5 cm³/mol. The van der Waals surface area contributed by atoms with E-state index < -0.39 is 0 Å². The molecule has 1 unspecified atom stereocenters. The first-order valence-electron chi connectivity index (χ1n) is 6.94. The molecule has 1 aromatic rings. The van der Waals surface area contributed by atoms with Crippen LogP contribution in [0.3, 0.4) is 0 Å². The van der Waals surface area contributed by atoms with Gasteiger partial charge in [0.15, 0.2) is 0 Å². The fourth-order valence-electron chi connectivity index (χ4n) is 2.45. The Morgan fingerprint density at radius 3 is 2.57 bits per heavy atom. The first-order chi connectivity index (χ1) is 10.1. The molecule has 21 heavy (non-hydrogen) atoms. The Balaban J connectivity index is 1.94. The third-order valence-electron chi connectivity index (χ3n) is 3.61. The molecule has 0 spiro atoms. The highest BCUT2D eigenvalue weighted by Gasteiger charge is 2.27. The molecule has 1 aliphatic heterocycles. The molecule has 0 radical (unpaired) electrons. The van der Waals surface area contributed by atoms with Gasteiger partial charge in [-0.05, 0) is 44.3 Å². The molecule has 1 amide bonds. The normalized spacial score (nSPS) is 17.5. The van der Waals surface area contributed by atoms with E-state index in [1.54, 1.807) is 0 Å². The number of piperazine rings is 1. The van der Waals surface area contributed by atoms with Crippen molar-refractivity contribution in [1.82, 2.24) is 9.80 Å². The van der Waals surface area contributed by atoms with Gasteiger partial charge in [0.1, 0.15) is 0 Å². The Hall–Kier alpha value is -0.420. The third-order valence-corrected chi connectivity index (χ3v) is 6.85. The van der Waals surface area contributed by atoms with E-state index in [4.69, 9.17) is 0 Å². The van der Waals surface area contributed by atoms with Gasteiger partial charge >= 0.3 is 0 Å². The van der Waals surface area contributed by atoms with Gasteiger partial charge in [0, 0.05) is 30.7 Å². The van der Waals surface area contributed by atoms with Crippen LogP contribution in [0.15, 0.2) is 14.3 Å². The molecule has 0 aromatic carbocycles. The van der Waals surface area contributed by atoms with E-state index in [2.05, 4.69) is 49.8 Å². The maximum Gasteiger partial charge on any atom is 0.264 e. The van der Waals surface area contributed by atoms with Gasteiger partial charge in [-0.1, -0.05) is 13.3 Å². The Labute approximate surface area is 146 Å². The molecule has 0 bridgehead atoms. The summed E-state index contributed by atoms with van der Waals surface area (Å²) in [4.78, 5) is 17.3. The van der Waals surface area contributed by atoms with Crippen molar-refractivity contribution in [2.24, 2.45) is 0 Å². The van der Waals surface area contributed by atoms with Gasteiger partial charge in [-0.15, -0.1) is 11.3 Å². The number of amides is 1. The summed E-state index contributed by atoms with van der Waals surface area (Å²) < 4.78 is 1.86. The SMILES string of the molecule is CCCC(C#N)N1CCN(C(=O)c2cc(Br)c(Br)s2)CC1. The molecule has 1 atom stereocenters. The van der Waals surface area contributed by atoms with Gasteiger partial charge in [0.2, 0.25) is 0 Å². The Kier molecular flexibility index (Phi) is 6.23. The smallest absolute Gasteiger partial charge is 0.264 e. The van der Waals surface area contributed by atoms with E-state index in [1.807, 2.05) is 11.0 Å². The molecule has 2 heterocycles. The first kappa shape index (κ1) is 16.9. The average Bonchev–Trinajstić information content (AvgIpc) is 2.84. The highest BCUT2D eigenvalue weighted by Crippen LogP contribution is 2.33. The van der Waals surface area contributed by atoms with E-state index in [-0.39, 0.29) is 11.9 Å². The van der Waals surface area contributed by atoms with Crippen LogP contribution in [-0.2, 0) is 0 Å². The van der Waals surface area contributed by atoms with Crippen molar-refractivity contribution in [3.63, 3.8) is 0 Å². The first-order valence-corrected chi connectivity index (χ1v) is 9.34. The molecule has 1 saturated heterocycles. The summed E-state index contributed by atoms with van der Waals surface area (Å²) >= 11 is 8.28. The van der Waals surface area contributed by atoms with E-state index in [1.165, 1.54) is 11.3 Å². The summed E-state index contributed by atoms with van der Waals surface area (Å²) in [5.74, 6) is 0.0787. The maximum absolute atomic E-state index is 12.4. The summed E-state index contributed by atoms with van der Waals surface area (Å²) in [6.45, 7) is 5.02. The van der Waals surface area contributed by atoms with Gasteiger partial charge in [0.25, 0.3) is 5.91 Å². The molecule has 7 heteroatoms. The van der Waals surface area contributed by atoms with Crippen LogP contribution in [0.5, 0.6) is 0 Å². The van der Waals surface area contributed by atoms with E-state index in [9.17, 15) is 10.1 Å². The molecule has 1 aromatic heterocycles. The van der Waals surface area contributed by atoms with Crippen LogP contribution in [0.1, 0.15) is 29.4 Å². The summed E-state index contributed by atoms with van der Waals surface area (Å²) in [6, 6.07) is 4.21. The van der Waals surface area contributed by atoms with Crippen molar-refractivity contribution in [2.45, 2.75) is 25.8 Å². The summed E-state index contributed by atoms with van der Waals surface area (Å²) in [6.07, 6.45) is 1.91. The lowest BCUT2D eigenvalue weighted by Gasteiger charge is -2.36. The topological polar surface area (TPSA) is 47.3 Å². The van der Waals surface area contributed by atoms with Crippen LogP contribution in [0.25, 0.3) is 0 Å². The molecule has 0 aliphatic carbocycles. The highest BCUT2D eigenvalue weighted by molar-refractivity contribution is 9.13. The number of nitriles is 1. The monoisotopic (exact) mass is 433 g/mol. The van der Waals surface area contributed by atoms with Crippen LogP contribution >= 0.6 is 43.2 Å². The molecule has 114 valence electrons. The Bertz CT molecular complexity index is 527. The molecular formula is C14H17Br2N3OS. The van der Waals surface area contributed by atoms with E-state index in [0.717, 1.165) is 39.1 Å². The largest absolute Gasteiger partial charge is 0.335 e. The maximum atomic E-state index is 12.4. The highest BCUT2D eigenvalue weighted by atomic mass is 79.9. The fraction of sp³-hybridized carbons (Fsp3) is 0.571. The lowest BCUT2D eigenvalue weighted by Crippen LogP contribution is -2.51. The standard InChI is InChI=1S/C14H17Br2N3OS/c1-2-3-10(9-17)18-4-6-19(7-5-18)14(20)12-8-11(15)13(16)21-12/h8,10H,2-7H2,1H3. The number of rotatable bonds is 4. The quantitative estimate of drug-likeness (QED) is 0.725. The van der Waals surface area contributed by atoms with Crippen LogP contribution < -0.4 is 0 Å². The number of hydrogen-bond acceptors (Lipinski definition) is 4. The fourth-order valence-corrected chi connectivity index (χ4v) is 4.45. The van der Waals surface area contributed by atoms with Crippen molar-refractivity contribution in [1.29, 1.82) is 5.26 Å². The zero-order valence-corrected chi connectivity index (χ0v) is 15.8. The van der Waals surface area contributed by atoms with E-state index >= 15 is 0 Å². The zero-order chi connectivity index (χ0) is 15.4. The Morgan fingerprint density at radius 2 is 2.10 bits per heavy atom. The third kappa shape index (κ3) is 4.07. The summed E-state index contributed by atoms with van der Waals surface area (Å²) in [5.41, 5.74) is 0. The minimum Gasteiger partial charge on any atom is -0.335 e. The van der Waals surface area contributed by atoms with Crippen molar-refractivity contribution in [2.75, 3.05) is 26.2 Å². The van der Waals surface area contributed by atoms with Gasteiger partial charge in [-0.2, -0.15) is 5.26 Å². The molecular weight excluding hydrogens is 418 g/mol. The summed E-state index contributed by atoms with van der Waals surface area (Å²) in [7, 11) is 0. The number of halogens is 2. The van der Waals surface area contributed by atoms with Crippen molar-refractivity contribution >= 4 is 49.1 Å². The summed E-state index contributed by atoms with van der Waals surface area (Å²) in [5, 5.41) is 9.21. The van der Waals surface area contributed by atoms with E-state index in [0.29, 0.717) is 13.1 Å². The van der Waals surface area contributed by atoms with Gasteiger partial charge in [-0.3, -0.25) is 9.69 Å². The zero-order valence-electron chi connectivity index (χ0n) is 11.8. The Morgan fingerprint density at radius 1 is 1.43 bits per heavy atom. The molecule has 2 rings (SSSR count). The van der Waals surface area contributed by atoms with Crippen molar-refractivity contribution in [3.8, 4) is 6.07 Å². The van der Waals surface area contributed by atoms with Gasteiger partial charge < -0.3 is 4.90 Å². The van der Waals surface area contributed by atoms with Crippen LogP contribution in [0.4, 0.5) is 0 Å². The molecule has 4 nitrogen and oxygen atoms in total. The predicted octanol–water partition coefficient (Wildman–Crippen LogP) is 3.72. The van der Waals surface area contributed by atoms with Crippen LogP contribution in [-0.4, -0.2) is 47.9 Å². The average molecular weight is 435 g/mol. The minimum atomic E-state index is -0.0164. The number of carbonyl (C=O) groups excluding carboxylic acids is 1. The molecule has 1 aliphatic rings. The lowest BCUT2D eigenvalue weighted by molar-refractivity contribution is 0.0606. The van der Waals surface area contributed by atoms with Crippen molar-refractivity contribution in [3.05, 3.63) is 19.2 Å². The minimum absolute atomic E-state index is 0.0164. The van der Waals surface area contributed by atoms with Crippen LogP contribution in [0, 0.1) is 11.3 Å². The second-order valence-electron chi connectivity index (χ2n) is 4.99. The number of carbonyl (C=O) groups is 1. The number of hydrogen-bond donors (Lipinski definition) is 0. The number of thiophene rings is 1. The van der Waals surface area contributed by atoms with Crippen molar-refractivity contribution < 1.29 is 4.79 Å². The molecule has 1 fully saturated rings. The second kappa shape index (κ2) is 7.73. The van der Waals surface area contributed by atoms with Gasteiger partial charge in [0.05, 0.1) is 20.8 Å². The number of nitrogens with zero attached hydrogens (tertiary/aromatic N) is 3.